The van der Waals surface area contributed by atoms with Crippen LogP contribution in [0, 0.1) is 6.92 Å². The van der Waals surface area contributed by atoms with Crippen LogP contribution >= 0.6 is 34.8 Å². The Morgan fingerprint density at radius 2 is 1.78 bits per heavy atom. The molecule has 1 aliphatic heterocycles. The predicted octanol–water partition coefficient (Wildman–Crippen LogP) is 4.57. The lowest BCUT2D eigenvalue weighted by Gasteiger charge is -2.36. The van der Waals surface area contributed by atoms with Gasteiger partial charge in [-0.2, -0.15) is 0 Å². The highest BCUT2D eigenvalue weighted by atomic mass is 35.5. The summed E-state index contributed by atoms with van der Waals surface area (Å²) >= 11 is 18.4. The fourth-order valence-corrected chi connectivity index (χ4v) is 4.13. The monoisotopic (exact) mass is 422 g/mol. The number of nitrogens with zero attached hydrogens (tertiary/aromatic N) is 4. The van der Waals surface area contributed by atoms with Crippen LogP contribution in [0.15, 0.2) is 36.5 Å². The lowest BCUT2D eigenvalue weighted by Crippen LogP contribution is -2.49. The molecule has 0 bridgehead atoms. The Bertz CT molecular complexity index is 1030. The molecular formula is C19H17Cl3N4O. The standard InChI is InChI=1S/C19H17Cl3N4O/c1-12-17(26-11-14(21)10-16(22)18(26)23-12)19(27)25-7-5-24(6-8-25)15-4-2-3-13(20)9-15/h2-4,9-11H,5-8H2,1H3. The molecule has 5 nitrogen and oxygen atoms in total. The second-order valence-electron chi connectivity index (χ2n) is 6.50. The zero-order valence-electron chi connectivity index (χ0n) is 14.6. The van der Waals surface area contributed by atoms with Gasteiger partial charge >= 0.3 is 0 Å². The van der Waals surface area contributed by atoms with Crippen molar-refractivity contribution in [3.8, 4) is 0 Å². The maximum absolute atomic E-state index is 13.2. The van der Waals surface area contributed by atoms with Gasteiger partial charge in [-0.1, -0.05) is 40.9 Å². The van der Waals surface area contributed by atoms with Crippen molar-refractivity contribution in [2.45, 2.75) is 6.92 Å². The molecule has 0 N–H and O–H groups in total. The molecule has 3 heterocycles. The molecule has 1 saturated heterocycles. The molecule has 3 aromatic rings. The van der Waals surface area contributed by atoms with Gasteiger partial charge in [-0.05, 0) is 31.2 Å². The Balaban J connectivity index is 1.57. The highest BCUT2D eigenvalue weighted by Crippen LogP contribution is 2.26. The summed E-state index contributed by atoms with van der Waals surface area (Å²) in [7, 11) is 0. The summed E-state index contributed by atoms with van der Waals surface area (Å²) in [6.07, 6.45) is 1.68. The maximum atomic E-state index is 13.2. The van der Waals surface area contributed by atoms with Crippen LogP contribution in [-0.2, 0) is 0 Å². The summed E-state index contributed by atoms with van der Waals surface area (Å²) in [6.45, 7) is 4.53. The average Bonchev–Trinajstić information content (AvgIpc) is 2.97. The molecule has 1 fully saturated rings. The second kappa shape index (κ2) is 7.23. The molecule has 1 aromatic carbocycles. The average molecular weight is 424 g/mol. The minimum absolute atomic E-state index is 0.0657. The van der Waals surface area contributed by atoms with E-state index in [9.17, 15) is 4.79 Å². The third-order valence-electron chi connectivity index (χ3n) is 4.76. The summed E-state index contributed by atoms with van der Waals surface area (Å²) in [6, 6.07) is 9.39. The topological polar surface area (TPSA) is 40.9 Å². The fourth-order valence-electron chi connectivity index (χ4n) is 3.43. The van der Waals surface area contributed by atoms with Crippen LogP contribution in [-0.4, -0.2) is 46.4 Å². The van der Waals surface area contributed by atoms with E-state index in [0.717, 1.165) is 18.8 Å². The number of pyridine rings is 1. The molecule has 0 unspecified atom stereocenters. The molecule has 1 aliphatic rings. The molecule has 0 aliphatic carbocycles. The van der Waals surface area contributed by atoms with Crippen LogP contribution in [0.5, 0.6) is 0 Å². The van der Waals surface area contributed by atoms with Gasteiger partial charge in [0.15, 0.2) is 5.65 Å². The van der Waals surface area contributed by atoms with Gasteiger partial charge in [0, 0.05) is 43.1 Å². The Hall–Kier alpha value is -1.95. The largest absolute Gasteiger partial charge is 0.368 e. The zero-order chi connectivity index (χ0) is 19.1. The number of benzene rings is 1. The summed E-state index contributed by atoms with van der Waals surface area (Å²) in [5.41, 5.74) is 2.76. The highest BCUT2D eigenvalue weighted by Gasteiger charge is 2.27. The summed E-state index contributed by atoms with van der Waals surface area (Å²) in [4.78, 5) is 21.7. The molecule has 0 radical (unpaired) electrons. The Morgan fingerprint density at radius 3 is 2.48 bits per heavy atom. The minimum atomic E-state index is -0.0657. The lowest BCUT2D eigenvalue weighted by atomic mass is 10.2. The number of piperazine rings is 1. The van der Waals surface area contributed by atoms with E-state index < -0.39 is 0 Å². The molecular weight excluding hydrogens is 407 g/mol. The highest BCUT2D eigenvalue weighted by molar-refractivity contribution is 6.36. The van der Waals surface area contributed by atoms with Crippen molar-refractivity contribution in [3.63, 3.8) is 0 Å². The molecule has 1 amide bonds. The van der Waals surface area contributed by atoms with Crippen LogP contribution in [0.3, 0.4) is 0 Å². The number of hydrogen-bond donors (Lipinski definition) is 0. The van der Waals surface area contributed by atoms with Gasteiger partial charge in [-0.3, -0.25) is 9.20 Å². The summed E-state index contributed by atoms with van der Waals surface area (Å²) in [5, 5.41) is 1.60. The van der Waals surface area contributed by atoms with Crippen molar-refractivity contribution in [2.24, 2.45) is 0 Å². The van der Waals surface area contributed by atoms with E-state index >= 15 is 0 Å². The number of hydrogen-bond acceptors (Lipinski definition) is 3. The van der Waals surface area contributed by atoms with Crippen molar-refractivity contribution in [3.05, 3.63) is 63.0 Å². The van der Waals surface area contributed by atoms with E-state index in [-0.39, 0.29) is 5.91 Å². The van der Waals surface area contributed by atoms with E-state index in [4.69, 9.17) is 34.8 Å². The smallest absolute Gasteiger partial charge is 0.272 e. The number of aryl methyl sites for hydroxylation is 1. The molecule has 0 spiro atoms. The maximum Gasteiger partial charge on any atom is 0.272 e. The molecule has 2 aromatic heterocycles. The van der Waals surface area contributed by atoms with E-state index in [1.807, 2.05) is 36.1 Å². The van der Waals surface area contributed by atoms with E-state index in [2.05, 4.69) is 9.88 Å². The molecule has 0 saturated carbocycles. The van der Waals surface area contributed by atoms with Crippen molar-refractivity contribution in [1.29, 1.82) is 0 Å². The molecule has 4 rings (SSSR count). The number of fused-ring (bicyclic) bond motifs is 1. The normalized spacial score (nSPS) is 14.8. The van der Waals surface area contributed by atoms with E-state index in [0.29, 0.717) is 45.2 Å². The van der Waals surface area contributed by atoms with Crippen molar-refractivity contribution in [1.82, 2.24) is 14.3 Å². The minimum Gasteiger partial charge on any atom is -0.368 e. The van der Waals surface area contributed by atoms with Crippen LogP contribution in [0.1, 0.15) is 16.2 Å². The Labute approximate surface area is 172 Å². The van der Waals surface area contributed by atoms with Gasteiger partial charge < -0.3 is 9.80 Å². The molecule has 0 atom stereocenters. The number of carbonyl (C=O) groups excluding carboxylic acids is 1. The van der Waals surface area contributed by atoms with Crippen LogP contribution in [0.4, 0.5) is 5.69 Å². The number of halogens is 3. The van der Waals surface area contributed by atoms with Gasteiger partial charge in [0.2, 0.25) is 0 Å². The SMILES string of the molecule is Cc1nc2c(Cl)cc(Cl)cn2c1C(=O)N1CCN(c2cccc(Cl)c2)CC1. The fraction of sp³-hybridized carbons (Fsp3) is 0.263. The van der Waals surface area contributed by atoms with Gasteiger partial charge in [0.25, 0.3) is 5.91 Å². The van der Waals surface area contributed by atoms with Crippen molar-refractivity contribution in [2.75, 3.05) is 31.1 Å². The number of carbonyl (C=O) groups is 1. The Kier molecular flexibility index (Phi) is 4.93. The zero-order valence-corrected chi connectivity index (χ0v) is 16.9. The van der Waals surface area contributed by atoms with Crippen molar-refractivity contribution >= 4 is 52.0 Å². The van der Waals surface area contributed by atoms with E-state index in [1.165, 1.54) is 0 Å². The van der Waals surface area contributed by atoms with Crippen molar-refractivity contribution < 1.29 is 4.79 Å². The van der Waals surface area contributed by atoms with E-state index in [1.54, 1.807) is 16.7 Å². The third-order valence-corrected chi connectivity index (χ3v) is 5.48. The first-order valence-electron chi connectivity index (χ1n) is 8.57. The van der Waals surface area contributed by atoms with Gasteiger partial charge in [-0.15, -0.1) is 0 Å². The summed E-state index contributed by atoms with van der Waals surface area (Å²) in [5.74, 6) is -0.0657. The van der Waals surface area contributed by atoms with Gasteiger partial charge in [0.05, 0.1) is 15.7 Å². The summed E-state index contributed by atoms with van der Waals surface area (Å²) < 4.78 is 1.69. The quantitative estimate of drug-likeness (QED) is 0.606. The number of aromatic nitrogens is 2. The van der Waals surface area contributed by atoms with Crippen LogP contribution in [0.25, 0.3) is 5.65 Å². The molecule has 27 heavy (non-hydrogen) atoms. The first kappa shape index (κ1) is 18.4. The number of amides is 1. The first-order valence-corrected chi connectivity index (χ1v) is 9.71. The number of imidazole rings is 1. The lowest BCUT2D eigenvalue weighted by molar-refractivity contribution is 0.0739. The number of anilines is 1. The Morgan fingerprint density at radius 1 is 1.04 bits per heavy atom. The number of rotatable bonds is 2. The predicted molar refractivity (Wildman–Crippen MR) is 110 cm³/mol. The molecule has 8 heteroatoms. The second-order valence-corrected chi connectivity index (χ2v) is 7.78. The first-order chi connectivity index (χ1) is 12.9. The van der Waals surface area contributed by atoms with Crippen LogP contribution in [0.2, 0.25) is 15.1 Å². The third kappa shape index (κ3) is 3.47. The van der Waals surface area contributed by atoms with Crippen LogP contribution < -0.4 is 4.90 Å². The molecule has 140 valence electrons. The van der Waals surface area contributed by atoms with Gasteiger partial charge in [-0.25, -0.2) is 4.98 Å². The van der Waals surface area contributed by atoms with Gasteiger partial charge in [0.1, 0.15) is 5.69 Å².